The van der Waals surface area contributed by atoms with Crippen molar-refractivity contribution in [2.24, 2.45) is 5.92 Å². The Balaban J connectivity index is 1.76. The number of amides is 4. The third-order valence-corrected chi connectivity index (χ3v) is 4.53. The number of carbonyl (C=O) groups is 3. The van der Waals surface area contributed by atoms with E-state index in [4.69, 9.17) is 23.2 Å². The van der Waals surface area contributed by atoms with Gasteiger partial charge in [0.1, 0.15) is 0 Å². The second-order valence-electron chi connectivity index (χ2n) is 6.49. The first-order chi connectivity index (χ1) is 13.8. The first-order valence-electron chi connectivity index (χ1n) is 8.95. The van der Waals surface area contributed by atoms with Crippen molar-refractivity contribution in [1.82, 2.24) is 10.6 Å². The highest BCUT2D eigenvalue weighted by Crippen LogP contribution is 2.22. The molecular weight excluding hydrogens is 415 g/mol. The summed E-state index contributed by atoms with van der Waals surface area (Å²) in [5, 5.41) is 11.4. The SMILES string of the molecule is CC(C)C(=O)Nc1cccc(NC(=O)NCCNC(=O)c2ccc(Cl)c(Cl)c2)c1. The van der Waals surface area contributed by atoms with Gasteiger partial charge < -0.3 is 21.3 Å². The monoisotopic (exact) mass is 436 g/mol. The Kier molecular flexibility index (Phi) is 8.30. The number of urea groups is 1. The largest absolute Gasteiger partial charge is 0.350 e. The second-order valence-corrected chi connectivity index (χ2v) is 7.30. The molecule has 2 aromatic carbocycles. The highest BCUT2D eigenvalue weighted by atomic mass is 35.5. The summed E-state index contributed by atoms with van der Waals surface area (Å²) in [4.78, 5) is 35.8. The molecule has 4 amide bonds. The molecule has 29 heavy (non-hydrogen) atoms. The maximum Gasteiger partial charge on any atom is 0.319 e. The standard InChI is InChI=1S/C20H22Cl2N4O3/c1-12(2)18(27)25-14-4-3-5-15(11-14)26-20(29)24-9-8-23-19(28)13-6-7-16(21)17(22)10-13/h3-7,10-12H,8-9H2,1-2H3,(H,23,28)(H,25,27)(H2,24,26,29). The van der Waals surface area contributed by atoms with E-state index in [0.717, 1.165) is 0 Å². The Hall–Kier alpha value is -2.77. The topological polar surface area (TPSA) is 99.3 Å². The summed E-state index contributed by atoms with van der Waals surface area (Å²) >= 11 is 11.7. The molecule has 0 unspecified atom stereocenters. The van der Waals surface area contributed by atoms with Crippen LogP contribution in [0, 0.1) is 5.92 Å². The molecule has 0 bridgehead atoms. The first-order valence-corrected chi connectivity index (χ1v) is 9.71. The Morgan fingerprint density at radius 1 is 0.862 bits per heavy atom. The van der Waals surface area contributed by atoms with Crippen LogP contribution >= 0.6 is 23.2 Å². The number of anilines is 2. The van der Waals surface area contributed by atoms with Crippen LogP contribution in [0.2, 0.25) is 10.0 Å². The lowest BCUT2D eigenvalue weighted by molar-refractivity contribution is -0.118. The van der Waals surface area contributed by atoms with Crippen LogP contribution in [0.15, 0.2) is 42.5 Å². The van der Waals surface area contributed by atoms with Crippen LogP contribution < -0.4 is 21.3 Å². The van der Waals surface area contributed by atoms with Crippen LogP contribution in [-0.2, 0) is 4.79 Å². The molecule has 0 aliphatic heterocycles. The molecule has 0 atom stereocenters. The van der Waals surface area contributed by atoms with Gasteiger partial charge in [0, 0.05) is 35.9 Å². The smallest absolute Gasteiger partial charge is 0.319 e. The van der Waals surface area contributed by atoms with E-state index >= 15 is 0 Å². The van der Waals surface area contributed by atoms with Crippen LogP contribution in [0.5, 0.6) is 0 Å². The Bertz CT molecular complexity index is 903. The van der Waals surface area contributed by atoms with Gasteiger partial charge in [-0.15, -0.1) is 0 Å². The molecule has 9 heteroatoms. The average Bonchev–Trinajstić information content (AvgIpc) is 2.67. The van der Waals surface area contributed by atoms with E-state index in [0.29, 0.717) is 27.0 Å². The molecule has 0 aliphatic rings. The minimum Gasteiger partial charge on any atom is -0.350 e. The van der Waals surface area contributed by atoms with Gasteiger partial charge in [0.25, 0.3) is 5.91 Å². The predicted octanol–water partition coefficient (Wildman–Crippen LogP) is 4.14. The third-order valence-electron chi connectivity index (χ3n) is 3.79. The van der Waals surface area contributed by atoms with Crippen molar-refractivity contribution in [1.29, 1.82) is 0 Å². The van der Waals surface area contributed by atoms with Crippen molar-refractivity contribution in [3.63, 3.8) is 0 Å². The van der Waals surface area contributed by atoms with Gasteiger partial charge in [0.2, 0.25) is 5.91 Å². The van der Waals surface area contributed by atoms with Gasteiger partial charge in [-0.3, -0.25) is 9.59 Å². The second kappa shape index (κ2) is 10.7. The first kappa shape index (κ1) is 22.5. The molecule has 0 aliphatic carbocycles. The van der Waals surface area contributed by atoms with Crippen molar-refractivity contribution in [3.8, 4) is 0 Å². The maximum absolute atomic E-state index is 12.0. The quantitative estimate of drug-likeness (QED) is 0.490. The van der Waals surface area contributed by atoms with Crippen molar-refractivity contribution < 1.29 is 14.4 Å². The van der Waals surface area contributed by atoms with Gasteiger partial charge in [-0.25, -0.2) is 4.79 Å². The summed E-state index contributed by atoms with van der Waals surface area (Å²) in [5.41, 5.74) is 1.50. The van der Waals surface area contributed by atoms with E-state index in [-0.39, 0.29) is 30.8 Å². The zero-order chi connectivity index (χ0) is 21.4. The molecule has 0 saturated heterocycles. The summed E-state index contributed by atoms with van der Waals surface area (Å²) in [6.45, 7) is 4.05. The summed E-state index contributed by atoms with van der Waals surface area (Å²) in [6, 6.07) is 11.0. The highest BCUT2D eigenvalue weighted by molar-refractivity contribution is 6.42. The van der Waals surface area contributed by atoms with Crippen molar-refractivity contribution in [2.75, 3.05) is 23.7 Å². The molecule has 7 nitrogen and oxygen atoms in total. The van der Waals surface area contributed by atoms with Crippen molar-refractivity contribution in [3.05, 3.63) is 58.1 Å². The number of rotatable bonds is 7. The van der Waals surface area contributed by atoms with Crippen LogP contribution in [-0.4, -0.2) is 30.9 Å². The zero-order valence-corrected chi connectivity index (χ0v) is 17.5. The maximum atomic E-state index is 12.0. The molecule has 0 saturated carbocycles. The van der Waals surface area contributed by atoms with Gasteiger partial charge in [-0.1, -0.05) is 43.1 Å². The zero-order valence-electron chi connectivity index (χ0n) is 16.0. The average molecular weight is 437 g/mol. The van der Waals surface area contributed by atoms with E-state index in [1.54, 1.807) is 50.2 Å². The van der Waals surface area contributed by atoms with E-state index < -0.39 is 6.03 Å². The normalized spacial score (nSPS) is 10.4. The Labute approximate surface area is 179 Å². The molecular formula is C20H22Cl2N4O3. The van der Waals surface area contributed by atoms with Gasteiger partial charge >= 0.3 is 6.03 Å². The Morgan fingerprint density at radius 2 is 1.52 bits per heavy atom. The van der Waals surface area contributed by atoms with E-state index in [1.165, 1.54) is 6.07 Å². The molecule has 0 heterocycles. The molecule has 2 aromatic rings. The molecule has 154 valence electrons. The lowest BCUT2D eigenvalue weighted by Crippen LogP contribution is -2.36. The predicted molar refractivity (Wildman–Crippen MR) is 116 cm³/mol. The number of carbonyl (C=O) groups excluding carboxylic acids is 3. The fourth-order valence-corrected chi connectivity index (χ4v) is 2.53. The number of benzene rings is 2. The summed E-state index contributed by atoms with van der Waals surface area (Å²) in [7, 11) is 0. The fraction of sp³-hybridized carbons (Fsp3) is 0.250. The van der Waals surface area contributed by atoms with Crippen molar-refractivity contribution >= 4 is 52.4 Å². The highest BCUT2D eigenvalue weighted by Gasteiger charge is 2.09. The molecule has 2 rings (SSSR count). The fourth-order valence-electron chi connectivity index (χ4n) is 2.23. The minimum absolute atomic E-state index is 0.107. The van der Waals surface area contributed by atoms with Gasteiger partial charge in [0.15, 0.2) is 0 Å². The van der Waals surface area contributed by atoms with Crippen LogP contribution in [0.3, 0.4) is 0 Å². The van der Waals surface area contributed by atoms with Crippen molar-refractivity contribution in [2.45, 2.75) is 13.8 Å². The lowest BCUT2D eigenvalue weighted by atomic mass is 10.2. The number of hydrogen-bond donors (Lipinski definition) is 4. The molecule has 0 radical (unpaired) electrons. The van der Waals surface area contributed by atoms with Crippen LogP contribution in [0.1, 0.15) is 24.2 Å². The molecule has 0 fully saturated rings. The summed E-state index contributed by atoms with van der Waals surface area (Å²) in [5.74, 6) is -0.572. The van der Waals surface area contributed by atoms with Crippen LogP contribution in [0.4, 0.5) is 16.2 Å². The number of nitrogens with one attached hydrogen (secondary N) is 4. The summed E-state index contributed by atoms with van der Waals surface area (Å²) in [6.07, 6.45) is 0. The lowest BCUT2D eigenvalue weighted by Gasteiger charge is -2.11. The van der Waals surface area contributed by atoms with Gasteiger partial charge in [0.05, 0.1) is 10.0 Å². The molecule has 0 spiro atoms. The molecule has 0 aromatic heterocycles. The minimum atomic E-state index is -0.430. The number of hydrogen-bond acceptors (Lipinski definition) is 3. The number of halogens is 2. The molecule has 4 N–H and O–H groups in total. The van der Waals surface area contributed by atoms with E-state index in [1.807, 2.05) is 0 Å². The third kappa shape index (κ3) is 7.29. The van der Waals surface area contributed by atoms with E-state index in [9.17, 15) is 14.4 Å². The summed E-state index contributed by atoms with van der Waals surface area (Å²) < 4.78 is 0. The van der Waals surface area contributed by atoms with Gasteiger partial charge in [-0.05, 0) is 36.4 Å². The van der Waals surface area contributed by atoms with Gasteiger partial charge in [-0.2, -0.15) is 0 Å². The Morgan fingerprint density at radius 3 is 2.17 bits per heavy atom. The van der Waals surface area contributed by atoms with E-state index in [2.05, 4.69) is 21.3 Å². The van der Waals surface area contributed by atoms with Crippen LogP contribution in [0.25, 0.3) is 0 Å².